The van der Waals surface area contributed by atoms with Gasteiger partial charge in [0.2, 0.25) is 0 Å². The first kappa shape index (κ1) is 18.0. The van der Waals surface area contributed by atoms with Crippen LogP contribution in [0.1, 0.15) is 35.8 Å². The van der Waals surface area contributed by atoms with Crippen molar-refractivity contribution in [3.05, 3.63) is 70.7 Å². The number of halogens is 1. The molecule has 0 aliphatic heterocycles. The van der Waals surface area contributed by atoms with Crippen molar-refractivity contribution in [1.29, 1.82) is 0 Å². The molecule has 2 aromatic heterocycles. The predicted octanol–water partition coefficient (Wildman–Crippen LogP) is 2.48. The Hall–Kier alpha value is -3.42. The number of benzene rings is 1. The maximum Gasteiger partial charge on any atom is 0.349 e. The summed E-state index contributed by atoms with van der Waals surface area (Å²) >= 11 is 0. The number of hydrogen-bond donors (Lipinski definition) is 3. The van der Waals surface area contributed by atoms with Crippen LogP contribution in [0.25, 0.3) is 11.3 Å². The van der Waals surface area contributed by atoms with Crippen molar-refractivity contribution in [3.8, 4) is 11.3 Å². The van der Waals surface area contributed by atoms with Crippen molar-refractivity contribution >= 4 is 11.7 Å². The highest BCUT2D eigenvalue weighted by atomic mass is 19.1. The van der Waals surface area contributed by atoms with Gasteiger partial charge in [-0.15, -0.1) is 0 Å². The van der Waals surface area contributed by atoms with Crippen LogP contribution in [-0.4, -0.2) is 26.5 Å². The summed E-state index contributed by atoms with van der Waals surface area (Å²) in [5.41, 5.74) is 7.09. The zero-order valence-electron chi connectivity index (χ0n) is 15.1. The zero-order valence-corrected chi connectivity index (χ0v) is 15.1. The molecule has 2 heterocycles. The molecule has 0 bridgehead atoms. The molecule has 0 unspecified atom stereocenters. The van der Waals surface area contributed by atoms with Gasteiger partial charge in [-0.05, 0) is 37.0 Å². The summed E-state index contributed by atoms with van der Waals surface area (Å²) in [5, 5.41) is 2.98. The van der Waals surface area contributed by atoms with E-state index in [2.05, 4.69) is 15.3 Å². The number of aromatic nitrogens is 3. The number of aromatic amines is 1. The average Bonchev–Trinajstić information content (AvgIpc) is 3.35. The summed E-state index contributed by atoms with van der Waals surface area (Å²) in [4.78, 5) is 31.2. The molecule has 1 aliphatic carbocycles. The second kappa shape index (κ2) is 7.30. The lowest BCUT2D eigenvalue weighted by Crippen LogP contribution is -2.34. The van der Waals surface area contributed by atoms with Gasteiger partial charge in [-0.1, -0.05) is 30.3 Å². The minimum atomic E-state index is -0.716. The molecule has 0 radical (unpaired) electrons. The average molecular weight is 381 g/mol. The van der Waals surface area contributed by atoms with Crippen molar-refractivity contribution in [2.45, 2.75) is 31.3 Å². The first-order valence-electron chi connectivity index (χ1n) is 9.10. The van der Waals surface area contributed by atoms with Gasteiger partial charge in [0.25, 0.3) is 5.91 Å². The Morgan fingerprint density at radius 3 is 2.79 bits per heavy atom. The number of hydrogen-bond acceptors (Lipinski definition) is 4. The number of anilines is 1. The van der Waals surface area contributed by atoms with E-state index in [1.165, 1.54) is 4.57 Å². The Morgan fingerprint density at radius 1 is 1.21 bits per heavy atom. The van der Waals surface area contributed by atoms with Crippen molar-refractivity contribution in [2.75, 3.05) is 5.73 Å². The summed E-state index contributed by atoms with van der Waals surface area (Å²) in [5.74, 6) is -1.32. The second-order valence-electron chi connectivity index (χ2n) is 6.95. The normalized spacial score (nSPS) is 18.9. The highest BCUT2D eigenvalue weighted by Gasteiger charge is 2.29. The molecule has 4 N–H and O–H groups in total. The zero-order chi connectivity index (χ0) is 19.7. The summed E-state index contributed by atoms with van der Waals surface area (Å²) in [6, 6.07) is 13.0. The molecular formula is C20H20FN5O2. The quantitative estimate of drug-likeness (QED) is 0.645. The first-order valence-corrected chi connectivity index (χ1v) is 9.10. The van der Waals surface area contributed by atoms with Gasteiger partial charge in [0.05, 0.1) is 0 Å². The van der Waals surface area contributed by atoms with E-state index in [-0.39, 0.29) is 18.0 Å². The van der Waals surface area contributed by atoms with E-state index in [9.17, 15) is 14.0 Å². The molecule has 1 aromatic carbocycles. The number of carbonyl (C=O) groups excluding carboxylic acids is 1. The highest BCUT2D eigenvalue weighted by Crippen LogP contribution is 2.29. The molecule has 0 spiro atoms. The van der Waals surface area contributed by atoms with Crippen molar-refractivity contribution in [1.82, 2.24) is 19.9 Å². The number of nitrogens with two attached hydrogens (primary N) is 1. The molecule has 1 fully saturated rings. The van der Waals surface area contributed by atoms with Crippen LogP contribution >= 0.6 is 0 Å². The fourth-order valence-electron chi connectivity index (χ4n) is 3.64. The maximum absolute atomic E-state index is 13.7. The van der Waals surface area contributed by atoms with E-state index in [1.807, 2.05) is 36.4 Å². The van der Waals surface area contributed by atoms with Gasteiger partial charge in [0.15, 0.2) is 11.6 Å². The SMILES string of the molecule is Nc1nc(=O)n([C@H]2CC[C@H](NC(=O)c3ccc(-c4ccccc4)[nH]3)C2)cc1F. The Kier molecular flexibility index (Phi) is 4.68. The molecule has 0 saturated heterocycles. The van der Waals surface area contributed by atoms with E-state index in [0.29, 0.717) is 25.0 Å². The van der Waals surface area contributed by atoms with Crippen LogP contribution in [0.4, 0.5) is 10.2 Å². The fraction of sp³-hybridized carbons (Fsp3) is 0.250. The fourth-order valence-corrected chi connectivity index (χ4v) is 3.64. The summed E-state index contributed by atoms with van der Waals surface area (Å²) in [6.45, 7) is 0. The van der Waals surface area contributed by atoms with Crippen molar-refractivity contribution < 1.29 is 9.18 Å². The Morgan fingerprint density at radius 2 is 2.00 bits per heavy atom. The molecule has 1 aliphatic rings. The van der Waals surface area contributed by atoms with Crippen LogP contribution in [0.5, 0.6) is 0 Å². The summed E-state index contributed by atoms with van der Waals surface area (Å²) in [6.07, 6.45) is 2.97. The Labute approximate surface area is 160 Å². The molecule has 4 rings (SSSR count). The third kappa shape index (κ3) is 3.53. The monoisotopic (exact) mass is 381 g/mol. The molecule has 1 saturated carbocycles. The van der Waals surface area contributed by atoms with Crippen LogP contribution in [0, 0.1) is 5.82 Å². The van der Waals surface area contributed by atoms with Gasteiger partial charge < -0.3 is 16.0 Å². The third-order valence-corrected chi connectivity index (χ3v) is 5.08. The van der Waals surface area contributed by atoms with Gasteiger partial charge in [0.1, 0.15) is 5.69 Å². The van der Waals surface area contributed by atoms with Gasteiger partial charge in [0, 0.05) is 24.0 Å². The summed E-state index contributed by atoms with van der Waals surface area (Å²) in [7, 11) is 0. The summed E-state index contributed by atoms with van der Waals surface area (Å²) < 4.78 is 14.9. The molecule has 28 heavy (non-hydrogen) atoms. The van der Waals surface area contributed by atoms with Crippen LogP contribution in [0.15, 0.2) is 53.5 Å². The lowest BCUT2D eigenvalue weighted by Gasteiger charge is -2.15. The van der Waals surface area contributed by atoms with Crippen LogP contribution < -0.4 is 16.7 Å². The molecule has 8 heteroatoms. The lowest BCUT2D eigenvalue weighted by molar-refractivity contribution is 0.0933. The Balaban J connectivity index is 1.42. The number of carbonyl (C=O) groups is 1. The van der Waals surface area contributed by atoms with E-state index < -0.39 is 17.3 Å². The number of nitrogen functional groups attached to an aromatic ring is 1. The van der Waals surface area contributed by atoms with Gasteiger partial charge >= 0.3 is 5.69 Å². The van der Waals surface area contributed by atoms with E-state index >= 15 is 0 Å². The smallest absolute Gasteiger partial charge is 0.349 e. The maximum atomic E-state index is 13.7. The largest absolute Gasteiger partial charge is 0.381 e. The molecular weight excluding hydrogens is 361 g/mol. The van der Waals surface area contributed by atoms with Crippen LogP contribution in [0.2, 0.25) is 0 Å². The minimum absolute atomic E-state index is 0.103. The molecule has 1 amide bonds. The van der Waals surface area contributed by atoms with E-state index in [1.54, 1.807) is 6.07 Å². The topological polar surface area (TPSA) is 106 Å². The third-order valence-electron chi connectivity index (χ3n) is 5.08. The standard InChI is InChI=1S/C20H20FN5O2/c21-15-11-26(20(28)25-18(15)22)14-7-6-13(10-14)23-19(27)17-9-8-16(24-17)12-4-2-1-3-5-12/h1-5,8-9,11,13-14,24H,6-7,10H2,(H,23,27)(H2,22,25,28)/t13-,14-/m0/s1. The molecule has 144 valence electrons. The van der Waals surface area contributed by atoms with Gasteiger partial charge in [-0.25, -0.2) is 9.18 Å². The molecule has 7 nitrogen and oxygen atoms in total. The van der Waals surface area contributed by atoms with Crippen LogP contribution in [0.3, 0.4) is 0 Å². The van der Waals surface area contributed by atoms with E-state index in [4.69, 9.17) is 5.73 Å². The van der Waals surface area contributed by atoms with Crippen molar-refractivity contribution in [2.24, 2.45) is 0 Å². The number of H-pyrrole nitrogens is 1. The molecule has 3 aromatic rings. The van der Waals surface area contributed by atoms with Gasteiger partial charge in [-0.2, -0.15) is 4.98 Å². The first-order chi connectivity index (χ1) is 13.5. The lowest BCUT2D eigenvalue weighted by atomic mass is 10.2. The number of nitrogens with one attached hydrogen (secondary N) is 2. The number of nitrogens with zero attached hydrogens (tertiary/aromatic N) is 2. The minimum Gasteiger partial charge on any atom is -0.381 e. The number of rotatable bonds is 4. The van der Waals surface area contributed by atoms with Crippen molar-refractivity contribution in [3.63, 3.8) is 0 Å². The second-order valence-corrected chi connectivity index (χ2v) is 6.95. The molecule has 2 atom stereocenters. The van der Waals surface area contributed by atoms with Crippen LogP contribution in [-0.2, 0) is 0 Å². The number of amides is 1. The van der Waals surface area contributed by atoms with Gasteiger partial charge in [-0.3, -0.25) is 9.36 Å². The predicted molar refractivity (Wildman–Crippen MR) is 103 cm³/mol. The van der Waals surface area contributed by atoms with E-state index in [0.717, 1.165) is 17.5 Å². The highest BCUT2D eigenvalue weighted by molar-refractivity contribution is 5.93. The Bertz CT molecular complexity index is 1060.